The van der Waals surface area contributed by atoms with Gasteiger partial charge in [0.15, 0.2) is 6.17 Å². The van der Waals surface area contributed by atoms with Crippen LogP contribution in [0.3, 0.4) is 0 Å². The largest absolute Gasteiger partial charge is 0.472 e. The van der Waals surface area contributed by atoms with Crippen molar-refractivity contribution in [2.45, 2.75) is 6.17 Å². The first-order valence-corrected chi connectivity index (χ1v) is 8.70. The van der Waals surface area contributed by atoms with Crippen LogP contribution >= 0.6 is 15.9 Å². The van der Waals surface area contributed by atoms with E-state index >= 15 is 0 Å². The van der Waals surface area contributed by atoms with Gasteiger partial charge in [-0.25, -0.2) is 5.01 Å². The molecule has 6 nitrogen and oxygen atoms in total. The van der Waals surface area contributed by atoms with Crippen LogP contribution in [-0.4, -0.2) is 16.8 Å². The van der Waals surface area contributed by atoms with Crippen LogP contribution in [0.4, 0.5) is 5.69 Å². The Kier molecular flexibility index (Phi) is 4.22. The van der Waals surface area contributed by atoms with Crippen LogP contribution in [0.2, 0.25) is 0 Å². The third-order valence-corrected chi connectivity index (χ3v) is 4.64. The van der Waals surface area contributed by atoms with Gasteiger partial charge < -0.3 is 9.73 Å². The summed E-state index contributed by atoms with van der Waals surface area (Å²) in [7, 11) is 0. The Morgan fingerprint density at radius 1 is 1.12 bits per heavy atom. The molecule has 1 aromatic heterocycles. The molecule has 2 aromatic carbocycles. The lowest BCUT2D eigenvalue weighted by Crippen LogP contribution is -2.52. The average molecular weight is 412 g/mol. The van der Waals surface area contributed by atoms with Crippen LogP contribution in [0.1, 0.15) is 32.4 Å². The Balaban J connectivity index is 1.68. The maximum absolute atomic E-state index is 13.0. The molecular weight excluding hydrogens is 398 g/mol. The minimum atomic E-state index is -0.574. The molecule has 2 amide bonds. The van der Waals surface area contributed by atoms with E-state index in [0.29, 0.717) is 16.8 Å². The fourth-order valence-corrected chi connectivity index (χ4v) is 3.07. The lowest BCUT2D eigenvalue weighted by atomic mass is 10.1. The smallest absolute Gasteiger partial charge is 0.276 e. The first kappa shape index (κ1) is 16.4. The summed E-state index contributed by atoms with van der Waals surface area (Å²) >= 11 is 3.34. The van der Waals surface area contributed by atoms with Gasteiger partial charge in [0.1, 0.15) is 0 Å². The lowest BCUT2D eigenvalue weighted by Gasteiger charge is -2.37. The molecule has 1 aliphatic heterocycles. The lowest BCUT2D eigenvalue weighted by molar-refractivity contribution is 0.0490. The molecular formula is C19H14BrN3O3. The van der Waals surface area contributed by atoms with Crippen LogP contribution in [0.15, 0.2) is 76.0 Å². The second-order valence-corrected chi connectivity index (χ2v) is 6.69. The normalized spacial score (nSPS) is 16.0. The maximum atomic E-state index is 13.0. The van der Waals surface area contributed by atoms with E-state index in [1.54, 1.807) is 42.5 Å². The standard InChI is InChI=1S/C19H14BrN3O3/c20-14-7-5-12(6-8-14)18(24)22-23-17(13-9-10-26-11-13)21-16-4-2-1-3-15(16)19(23)25/h1-11,17,21H,(H,22,24). The molecule has 1 atom stereocenters. The predicted molar refractivity (Wildman–Crippen MR) is 99.3 cm³/mol. The van der Waals surface area contributed by atoms with E-state index in [9.17, 15) is 9.59 Å². The molecule has 0 aliphatic carbocycles. The highest BCUT2D eigenvalue weighted by Gasteiger charge is 2.34. The van der Waals surface area contributed by atoms with Crippen molar-refractivity contribution in [1.82, 2.24) is 10.4 Å². The molecule has 7 heteroatoms. The van der Waals surface area contributed by atoms with Gasteiger partial charge in [-0.3, -0.25) is 15.0 Å². The average Bonchev–Trinajstić information content (AvgIpc) is 3.19. The number of nitrogens with one attached hydrogen (secondary N) is 2. The third kappa shape index (κ3) is 2.97. The number of amides is 2. The van der Waals surface area contributed by atoms with Crippen molar-refractivity contribution in [3.05, 3.63) is 88.3 Å². The van der Waals surface area contributed by atoms with Crippen molar-refractivity contribution in [3.63, 3.8) is 0 Å². The molecule has 0 radical (unpaired) electrons. The number of benzene rings is 2. The van der Waals surface area contributed by atoms with Crippen molar-refractivity contribution in [1.29, 1.82) is 0 Å². The summed E-state index contributed by atoms with van der Waals surface area (Å²) in [4.78, 5) is 25.6. The van der Waals surface area contributed by atoms with Crippen LogP contribution in [-0.2, 0) is 0 Å². The van der Waals surface area contributed by atoms with Gasteiger partial charge in [-0.2, -0.15) is 0 Å². The first-order chi connectivity index (χ1) is 12.6. The highest BCUT2D eigenvalue weighted by atomic mass is 79.9. The Morgan fingerprint density at radius 2 is 1.88 bits per heavy atom. The number of nitrogens with zero attached hydrogens (tertiary/aromatic N) is 1. The number of anilines is 1. The highest BCUT2D eigenvalue weighted by molar-refractivity contribution is 9.10. The predicted octanol–water partition coefficient (Wildman–Crippen LogP) is 3.95. The molecule has 1 unspecified atom stereocenters. The third-order valence-electron chi connectivity index (χ3n) is 4.11. The molecule has 2 N–H and O–H groups in total. The zero-order chi connectivity index (χ0) is 18.1. The van der Waals surface area contributed by atoms with Crippen LogP contribution in [0.25, 0.3) is 0 Å². The minimum absolute atomic E-state index is 0.295. The Morgan fingerprint density at radius 3 is 2.62 bits per heavy atom. The molecule has 0 bridgehead atoms. The summed E-state index contributed by atoms with van der Waals surface area (Å²) < 4.78 is 6.02. The van der Waals surface area contributed by atoms with E-state index in [-0.39, 0.29) is 11.8 Å². The number of furan rings is 1. The van der Waals surface area contributed by atoms with Gasteiger partial charge in [-0.1, -0.05) is 28.1 Å². The van der Waals surface area contributed by atoms with E-state index in [0.717, 1.165) is 10.0 Å². The molecule has 2 heterocycles. The topological polar surface area (TPSA) is 74.6 Å². The monoisotopic (exact) mass is 411 g/mol. The number of para-hydroxylation sites is 1. The Labute approximate surface area is 157 Å². The van der Waals surface area contributed by atoms with E-state index in [2.05, 4.69) is 26.7 Å². The molecule has 0 spiro atoms. The maximum Gasteiger partial charge on any atom is 0.276 e. The van der Waals surface area contributed by atoms with Crippen LogP contribution in [0, 0.1) is 0 Å². The first-order valence-electron chi connectivity index (χ1n) is 7.91. The molecule has 0 saturated heterocycles. The SMILES string of the molecule is O=C(NN1C(=O)c2ccccc2NC1c1ccoc1)c1ccc(Br)cc1. The number of hydrogen-bond donors (Lipinski definition) is 2. The van der Waals surface area contributed by atoms with Gasteiger partial charge in [0.25, 0.3) is 11.8 Å². The molecule has 0 saturated carbocycles. The van der Waals surface area contributed by atoms with Gasteiger partial charge in [0, 0.05) is 21.3 Å². The van der Waals surface area contributed by atoms with E-state index in [1.165, 1.54) is 17.5 Å². The Hall–Kier alpha value is -3.06. The summed E-state index contributed by atoms with van der Waals surface area (Å²) in [6.07, 6.45) is 2.49. The molecule has 1 aliphatic rings. The van der Waals surface area contributed by atoms with Crippen LogP contribution < -0.4 is 10.7 Å². The second-order valence-electron chi connectivity index (χ2n) is 5.77. The fourth-order valence-electron chi connectivity index (χ4n) is 2.81. The van der Waals surface area contributed by atoms with Crippen molar-refractivity contribution in [3.8, 4) is 0 Å². The number of hydrazine groups is 1. The minimum Gasteiger partial charge on any atom is -0.472 e. The second kappa shape index (κ2) is 6.68. The molecule has 26 heavy (non-hydrogen) atoms. The summed E-state index contributed by atoms with van der Waals surface area (Å²) in [6.45, 7) is 0. The van der Waals surface area contributed by atoms with E-state index in [4.69, 9.17) is 4.42 Å². The van der Waals surface area contributed by atoms with Gasteiger partial charge >= 0.3 is 0 Å². The number of rotatable bonds is 3. The highest BCUT2D eigenvalue weighted by Crippen LogP contribution is 2.32. The summed E-state index contributed by atoms with van der Waals surface area (Å²) in [5, 5.41) is 4.56. The zero-order valence-electron chi connectivity index (χ0n) is 13.5. The zero-order valence-corrected chi connectivity index (χ0v) is 15.1. The number of halogens is 1. The van der Waals surface area contributed by atoms with Gasteiger partial charge in [-0.15, -0.1) is 0 Å². The van der Waals surface area contributed by atoms with E-state index in [1.807, 2.05) is 12.1 Å². The Bertz CT molecular complexity index is 954. The molecule has 3 aromatic rings. The molecule has 130 valence electrons. The van der Waals surface area contributed by atoms with Crippen LogP contribution in [0.5, 0.6) is 0 Å². The number of carbonyl (C=O) groups is 2. The fraction of sp³-hybridized carbons (Fsp3) is 0.0526. The number of hydrogen-bond acceptors (Lipinski definition) is 4. The number of fused-ring (bicyclic) bond motifs is 1. The van der Waals surface area contributed by atoms with Gasteiger partial charge in [-0.05, 0) is 42.5 Å². The van der Waals surface area contributed by atoms with Crippen molar-refractivity contribution >= 4 is 33.4 Å². The molecule has 4 rings (SSSR count). The number of carbonyl (C=O) groups excluding carboxylic acids is 2. The van der Waals surface area contributed by atoms with Crippen molar-refractivity contribution < 1.29 is 14.0 Å². The summed E-state index contributed by atoms with van der Waals surface area (Å²) in [5.41, 5.74) is 5.08. The summed E-state index contributed by atoms with van der Waals surface area (Å²) in [5.74, 6) is -0.670. The van der Waals surface area contributed by atoms with Gasteiger partial charge in [0.2, 0.25) is 0 Å². The van der Waals surface area contributed by atoms with E-state index < -0.39 is 6.17 Å². The van der Waals surface area contributed by atoms with Gasteiger partial charge in [0.05, 0.1) is 18.1 Å². The molecule has 0 fully saturated rings. The van der Waals surface area contributed by atoms with Crippen molar-refractivity contribution in [2.75, 3.05) is 5.32 Å². The quantitative estimate of drug-likeness (QED) is 0.683. The van der Waals surface area contributed by atoms with Crippen molar-refractivity contribution in [2.24, 2.45) is 0 Å². The summed E-state index contributed by atoms with van der Waals surface area (Å²) in [6, 6.07) is 15.8.